The molecule has 3 rings (SSSR count). The van der Waals surface area contributed by atoms with Crippen molar-refractivity contribution in [3.8, 4) is 0 Å². The minimum absolute atomic E-state index is 0.175. The average molecular weight is 330 g/mol. The number of fused-ring (bicyclic) bond motifs is 1. The Balaban J connectivity index is 1.54. The molecule has 1 aromatic heterocycles. The summed E-state index contributed by atoms with van der Waals surface area (Å²) >= 11 is 1.64. The summed E-state index contributed by atoms with van der Waals surface area (Å²) in [5, 5.41) is 8.92. The van der Waals surface area contributed by atoms with Gasteiger partial charge in [0.05, 0.1) is 5.01 Å². The third-order valence-corrected chi connectivity index (χ3v) is 5.29. The third-order valence-electron chi connectivity index (χ3n) is 4.10. The molecule has 6 heteroatoms. The minimum atomic E-state index is -0.175. The first-order valence-electron chi connectivity index (χ1n) is 7.84. The van der Waals surface area contributed by atoms with Gasteiger partial charge in [0.25, 0.3) is 0 Å². The molecule has 2 heterocycles. The van der Waals surface area contributed by atoms with Crippen molar-refractivity contribution >= 4 is 28.7 Å². The molecular formula is C17H22N4OS. The second-order valence-corrected chi connectivity index (χ2v) is 6.97. The lowest BCUT2D eigenvalue weighted by Crippen LogP contribution is -2.31. The van der Waals surface area contributed by atoms with Gasteiger partial charge in [-0.1, -0.05) is 13.0 Å². The second kappa shape index (κ2) is 6.58. The summed E-state index contributed by atoms with van der Waals surface area (Å²) in [6.07, 6.45) is 1.07. The Morgan fingerprint density at radius 1 is 1.48 bits per heavy atom. The Labute approximate surface area is 140 Å². The third kappa shape index (κ3) is 3.64. The van der Waals surface area contributed by atoms with Crippen LogP contribution in [0, 0.1) is 6.92 Å². The number of amides is 2. The number of thiazole rings is 1. The molecule has 0 spiro atoms. The van der Waals surface area contributed by atoms with E-state index in [4.69, 9.17) is 0 Å². The predicted molar refractivity (Wildman–Crippen MR) is 95.7 cm³/mol. The standard InChI is InChI=1S/C17H22N4OS/c1-11(16-19-12(2)10-23-16)9-18-17(22)20-14-5-4-13-6-7-21(3)15(13)8-14/h4-5,8,10-11H,6-7,9H2,1-3H3,(H2,18,20,22). The van der Waals surface area contributed by atoms with E-state index in [1.165, 1.54) is 11.3 Å². The van der Waals surface area contributed by atoms with Gasteiger partial charge in [0.1, 0.15) is 0 Å². The maximum atomic E-state index is 12.1. The largest absolute Gasteiger partial charge is 0.374 e. The highest BCUT2D eigenvalue weighted by molar-refractivity contribution is 7.09. The molecule has 2 amide bonds. The molecule has 23 heavy (non-hydrogen) atoms. The number of carbonyl (C=O) groups is 1. The first-order valence-corrected chi connectivity index (χ1v) is 8.72. The first-order chi connectivity index (χ1) is 11.0. The highest BCUT2D eigenvalue weighted by Gasteiger charge is 2.16. The van der Waals surface area contributed by atoms with Crippen LogP contribution in [0.25, 0.3) is 0 Å². The van der Waals surface area contributed by atoms with Crippen LogP contribution in [-0.2, 0) is 6.42 Å². The number of likely N-dealkylation sites (N-methyl/N-ethyl adjacent to an activating group) is 1. The molecule has 0 fully saturated rings. The van der Waals surface area contributed by atoms with Crippen LogP contribution in [0.2, 0.25) is 0 Å². The molecule has 0 saturated heterocycles. The van der Waals surface area contributed by atoms with Crippen molar-refractivity contribution < 1.29 is 4.79 Å². The maximum Gasteiger partial charge on any atom is 0.319 e. The van der Waals surface area contributed by atoms with Gasteiger partial charge in [-0.05, 0) is 31.0 Å². The SMILES string of the molecule is Cc1csc(C(C)CNC(=O)Nc2ccc3c(c2)N(C)CC3)n1. The first kappa shape index (κ1) is 15.8. The van der Waals surface area contributed by atoms with Crippen molar-refractivity contribution in [3.63, 3.8) is 0 Å². The highest BCUT2D eigenvalue weighted by Crippen LogP contribution is 2.29. The van der Waals surface area contributed by atoms with Crippen LogP contribution in [0.5, 0.6) is 0 Å². The molecule has 1 atom stereocenters. The van der Waals surface area contributed by atoms with Gasteiger partial charge in [-0.2, -0.15) is 0 Å². The lowest BCUT2D eigenvalue weighted by molar-refractivity contribution is 0.251. The van der Waals surface area contributed by atoms with Gasteiger partial charge in [0.2, 0.25) is 0 Å². The monoisotopic (exact) mass is 330 g/mol. The van der Waals surface area contributed by atoms with E-state index >= 15 is 0 Å². The highest BCUT2D eigenvalue weighted by atomic mass is 32.1. The summed E-state index contributed by atoms with van der Waals surface area (Å²) in [7, 11) is 2.08. The van der Waals surface area contributed by atoms with Crippen molar-refractivity contribution in [1.29, 1.82) is 0 Å². The lowest BCUT2D eigenvalue weighted by Gasteiger charge is -2.14. The molecule has 1 aliphatic heterocycles. The molecule has 2 aromatic rings. The fourth-order valence-corrected chi connectivity index (χ4v) is 3.58. The van der Waals surface area contributed by atoms with E-state index in [0.29, 0.717) is 6.54 Å². The zero-order valence-electron chi connectivity index (χ0n) is 13.7. The topological polar surface area (TPSA) is 57.3 Å². The van der Waals surface area contributed by atoms with Crippen LogP contribution in [-0.4, -0.2) is 31.2 Å². The van der Waals surface area contributed by atoms with Gasteiger partial charge in [0, 0.05) is 48.5 Å². The average Bonchev–Trinajstić information content (AvgIpc) is 3.12. The number of aromatic nitrogens is 1. The number of hydrogen-bond acceptors (Lipinski definition) is 4. The molecule has 0 saturated carbocycles. The number of benzene rings is 1. The number of nitrogens with zero attached hydrogens (tertiary/aromatic N) is 2. The Morgan fingerprint density at radius 3 is 3.04 bits per heavy atom. The molecule has 2 N–H and O–H groups in total. The Bertz CT molecular complexity index is 712. The van der Waals surface area contributed by atoms with E-state index in [1.54, 1.807) is 11.3 Å². The maximum absolute atomic E-state index is 12.1. The smallest absolute Gasteiger partial charge is 0.319 e. The fraction of sp³-hybridized carbons (Fsp3) is 0.412. The predicted octanol–water partition coefficient (Wildman–Crippen LogP) is 3.37. The van der Waals surface area contributed by atoms with Crippen molar-refractivity contribution in [2.75, 3.05) is 30.4 Å². The summed E-state index contributed by atoms with van der Waals surface area (Å²) in [6, 6.07) is 5.92. The van der Waals surface area contributed by atoms with E-state index in [1.807, 2.05) is 24.4 Å². The zero-order chi connectivity index (χ0) is 16.4. The number of urea groups is 1. The van der Waals surface area contributed by atoms with E-state index in [9.17, 15) is 4.79 Å². The van der Waals surface area contributed by atoms with Crippen molar-refractivity contribution in [3.05, 3.63) is 39.8 Å². The molecule has 122 valence electrons. The van der Waals surface area contributed by atoms with E-state index in [0.717, 1.165) is 29.4 Å². The number of hydrogen-bond donors (Lipinski definition) is 2. The fourth-order valence-electron chi connectivity index (χ4n) is 2.72. The number of carbonyl (C=O) groups excluding carboxylic acids is 1. The second-order valence-electron chi connectivity index (χ2n) is 6.08. The summed E-state index contributed by atoms with van der Waals surface area (Å²) < 4.78 is 0. The summed E-state index contributed by atoms with van der Waals surface area (Å²) in [5.41, 5.74) is 4.40. The van der Waals surface area contributed by atoms with Gasteiger partial charge in [-0.25, -0.2) is 9.78 Å². The molecule has 1 aliphatic rings. The number of rotatable bonds is 4. The number of anilines is 2. The van der Waals surface area contributed by atoms with Crippen molar-refractivity contribution in [2.45, 2.75) is 26.2 Å². The van der Waals surface area contributed by atoms with Gasteiger partial charge < -0.3 is 15.5 Å². The Hall–Kier alpha value is -2.08. The Morgan fingerprint density at radius 2 is 2.30 bits per heavy atom. The van der Waals surface area contributed by atoms with Crippen LogP contribution in [0.4, 0.5) is 16.2 Å². The Kier molecular flexibility index (Phi) is 4.52. The molecule has 1 unspecified atom stereocenters. The van der Waals surface area contributed by atoms with Gasteiger partial charge in [-0.3, -0.25) is 0 Å². The van der Waals surface area contributed by atoms with Crippen LogP contribution in [0.1, 0.15) is 29.1 Å². The summed E-state index contributed by atoms with van der Waals surface area (Å²) in [5.74, 6) is 0.214. The van der Waals surface area contributed by atoms with E-state index in [2.05, 4.69) is 40.6 Å². The van der Waals surface area contributed by atoms with E-state index in [-0.39, 0.29) is 11.9 Å². The quantitative estimate of drug-likeness (QED) is 0.904. The molecule has 0 aliphatic carbocycles. The molecule has 1 aromatic carbocycles. The normalized spacial score (nSPS) is 14.5. The van der Waals surface area contributed by atoms with E-state index < -0.39 is 0 Å². The molecule has 0 radical (unpaired) electrons. The van der Waals surface area contributed by atoms with Crippen LogP contribution in [0.15, 0.2) is 23.6 Å². The lowest BCUT2D eigenvalue weighted by atomic mass is 10.1. The van der Waals surface area contributed by atoms with Crippen LogP contribution >= 0.6 is 11.3 Å². The number of aryl methyl sites for hydroxylation is 1. The summed E-state index contributed by atoms with van der Waals surface area (Å²) in [6.45, 7) is 5.67. The van der Waals surface area contributed by atoms with Gasteiger partial charge >= 0.3 is 6.03 Å². The number of nitrogens with one attached hydrogen (secondary N) is 2. The van der Waals surface area contributed by atoms with Gasteiger partial charge in [-0.15, -0.1) is 11.3 Å². The molecular weight excluding hydrogens is 308 g/mol. The summed E-state index contributed by atoms with van der Waals surface area (Å²) in [4.78, 5) is 18.8. The molecule has 0 bridgehead atoms. The molecule has 5 nitrogen and oxygen atoms in total. The zero-order valence-corrected chi connectivity index (χ0v) is 14.5. The van der Waals surface area contributed by atoms with Crippen LogP contribution < -0.4 is 15.5 Å². The van der Waals surface area contributed by atoms with Gasteiger partial charge in [0.15, 0.2) is 0 Å². The van der Waals surface area contributed by atoms with Crippen LogP contribution in [0.3, 0.4) is 0 Å². The van der Waals surface area contributed by atoms with Crippen molar-refractivity contribution in [1.82, 2.24) is 10.3 Å². The minimum Gasteiger partial charge on any atom is -0.374 e. The van der Waals surface area contributed by atoms with Crippen molar-refractivity contribution in [2.24, 2.45) is 0 Å².